The number of halogens is 3. The molecule has 0 amide bonds. The Morgan fingerprint density at radius 2 is 1.77 bits per heavy atom. The molecule has 4 rings (SSSR count). The van der Waals surface area contributed by atoms with Crippen LogP contribution in [0.25, 0.3) is 28.7 Å². The maximum atomic E-state index is 13.5. The second-order valence-corrected chi connectivity index (χ2v) is 6.96. The molecule has 4 aromatic rings. The van der Waals surface area contributed by atoms with Gasteiger partial charge in [0.1, 0.15) is 11.5 Å². The summed E-state index contributed by atoms with van der Waals surface area (Å²) < 4.78 is 27.8. The number of nitrogens with zero attached hydrogens (tertiary/aromatic N) is 3. The van der Waals surface area contributed by atoms with Crippen LogP contribution in [0, 0.1) is 21.7 Å². The zero-order valence-corrected chi connectivity index (χ0v) is 16.4. The number of nitro benzene ring substituents is 1. The summed E-state index contributed by atoms with van der Waals surface area (Å²) in [6.07, 6.45) is 2.83. The fourth-order valence-electron chi connectivity index (χ4n) is 3.11. The normalized spacial score (nSPS) is 11.3. The van der Waals surface area contributed by atoms with Gasteiger partial charge in [0.25, 0.3) is 11.2 Å². The van der Waals surface area contributed by atoms with Crippen LogP contribution < -0.4 is 5.56 Å². The summed E-state index contributed by atoms with van der Waals surface area (Å²) in [5.41, 5.74) is -0.235. The number of fused-ring (bicyclic) bond motifs is 1. The summed E-state index contributed by atoms with van der Waals surface area (Å²) >= 11 is 5.90. The number of hydrogen-bond acceptors (Lipinski definition) is 4. The Kier molecular flexibility index (Phi) is 5.31. The van der Waals surface area contributed by atoms with Crippen molar-refractivity contribution in [1.29, 1.82) is 0 Å². The van der Waals surface area contributed by atoms with E-state index in [2.05, 4.69) is 4.98 Å². The van der Waals surface area contributed by atoms with E-state index < -0.39 is 22.1 Å². The minimum atomic E-state index is -1.03. The standard InChI is InChI=1S/C22H12ClF2N3O3/c23-14-7-9-19(20(12-14)28(30)31)27-21(10-6-13-5-8-16(24)17(25)11-13)26-18-4-2-1-3-15(18)22(27)29/h1-12H. The van der Waals surface area contributed by atoms with E-state index in [-0.39, 0.29) is 27.6 Å². The maximum absolute atomic E-state index is 13.5. The third-order valence-corrected chi connectivity index (χ3v) is 4.78. The molecule has 6 nitrogen and oxygen atoms in total. The van der Waals surface area contributed by atoms with Gasteiger partial charge in [0.2, 0.25) is 0 Å². The molecule has 0 atom stereocenters. The maximum Gasteiger partial charge on any atom is 0.294 e. The van der Waals surface area contributed by atoms with E-state index in [0.29, 0.717) is 11.1 Å². The van der Waals surface area contributed by atoms with Gasteiger partial charge in [-0.05, 0) is 48.0 Å². The quantitative estimate of drug-likeness (QED) is 0.315. The predicted molar refractivity (Wildman–Crippen MR) is 114 cm³/mol. The van der Waals surface area contributed by atoms with Gasteiger partial charge in [0, 0.05) is 11.1 Å². The Hall–Kier alpha value is -3.91. The smallest absolute Gasteiger partial charge is 0.268 e. The summed E-state index contributed by atoms with van der Waals surface area (Å²) in [7, 11) is 0. The monoisotopic (exact) mass is 439 g/mol. The molecule has 0 saturated carbocycles. The van der Waals surface area contributed by atoms with Gasteiger partial charge >= 0.3 is 0 Å². The molecule has 0 aliphatic carbocycles. The third-order valence-electron chi connectivity index (χ3n) is 4.55. The van der Waals surface area contributed by atoms with Gasteiger partial charge in [0.05, 0.1) is 15.8 Å². The van der Waals surface area contributed by atoms with Crippen LogP contribution in [0.1, 0.15) is 11.4 Å². The second-order valence-electron chi connectivity index (χ2n) is 6.52. The lowest BCUT2D eigenvalue weighted by Gasteiger charge is -2.12. The Bertz CT molecular complexity index is 1430. The highest BCUT2D eigenvalue weighted by Gasteiger charge is 2.20. The Balaban J connectivity index is 1.99. The van der Waals surface area contributed by atoms with Crippen LogP contribution in [0.15, 0.2) is 65.5 Å². The van der Waals surface area contributed by atoms with E-state index >= 15 is 0 Å². The van der Waals surface area contributed by atoms with Gasteiger partial charge in [-0.2, -0.15) is 0 Å². The lowest BCUT2D eigenvalue weighted by atomic mass is 10.2. The highest BCUT2D eigenvalue weighted by atomic mass is 35.5. The average molecular weight is 440 g/mol. The minimum absolute atomic E-state index is 0.0254. The number of hydrogen-bond donors (Lipinski definition) is 0. The van der Waals surface area contributed by atoms with Crippen LogP contribution in [0.5, 0.6) is 0 Å². The van der Waals surface area contributed by atoms with E-state index in [9.17, 15) is 23.7 Å². The molecule has 0 spiro atoms. The van der Waals surface area contributed by atoms with E-state index in [1.54, 1.807) is 24.3 Å². The van der Waals surface area contributed by atoms with E-state index in [1.165, 1.54) is 30.4 Å². The molecule has 0 unspecified atom stereocenters. The van der Waals surface area contributed by atoms with Crippen LogP contribution in [0.4, 0.5) is 14.5 Å². The Labute approximate surface area is 178 Å². The van der Waals surface area contributed by atoms with E-state index in [4.69, 9.17) is 11.6 Å². The Morgan fingerprint density at radius 1 is 1.00 bits per heavy atom. The number of para-hydroxylation sites is 1. The first kappa shape index (κ1) is 20.4. The molecule has 0 saturated heterocycles. The first-order valence-electron chi connectivity index (χ1n) is 8.94. The molecular weight excluding hydrogens is 428 g/mol. The number of nitro groups is 1. The summed E-state index contributed by atoms with van der Waals surface area (Å²) in [5, 5.41) is 12.0. The molecule has 1 heterocycles. The fourth-order valence-corrected chi connectivity index (χ4v) is 3.28. The molecule has 0 fully saturated rings. The number of aromatic nitrogens is 2. The molecule has 0 aliphatic heterocycles. The highest BCUT2D eigenvalue weighted by molar-refractivity contribution is 6.30. The van der Waals surface area contributed by atoms with Gasteiger partial charge in [-0.15, -0.1) is 0 Å². The van der Waals surface area contributed by atoms with Gasteiger partial charge < -0.3 is 0 Å². The van der Waals surface area contributed by atoms with Crippen LogP contribution >= 0.6 is 11.6 Å². The Morgan fingerprint density at radius 3 is 2.52 bits per heavy atom. The van der Waals surface area contributed by atoms with Crippen molar-refractivity contribution in [3.05, 3.63) is 109 Å². The van der Waals surface area contributed by atoms with Crippen molar-refractivity contribution in [2.45, 2.75) is 0 Å². The molecule has 0 N–H and O–H groups in total. The average Bonchev–Trinajstić information content (AvgIpc) is 2.75. The molecule has 0 radical (unpaired) electrons. The summed E-state index contributed by atoms with van der Waals surface area (Å²) in [6.45, 7) is 0. The highest BCUT2D eigenvalue weighted by Crippen LogP contribution is 2.27. The summed E-state index contributed by atoms with van der Waals surface area (Å²) in [5.74, 6) is -1.95. The minimum Gasteiger partial charge on any atom is -0.268 e. The van der Waals surface area contributed by atoms with Gasteiger partial charge in [0.15, 0.2) is 11.6 Å². The molecule has 31 heavy (non-hydrogen) atoms. The van der Waals surface area contributed by atoms with Crippen LogP contribution in [0.3, 0.4) is 0 Å². The fraction of sp³-hybridized carbons (Fsp3) is 0. The molecular formula is C22H12ClF2N3O3. The van der Waals surface area contributed by atoms with Crippen molar-refractivity contribution in [2.75, 3.05) is 0 Å². The van der Waals surface area contributed by atoms with Crippen molar-refractivity contribution >= 4 is 40.3 Å². The number of rotatable bonds is 4. The summed E-state index contributed by atoms with van der Waals surface area (Å²) in [4.78, 5) is 28.6. The summed E-state index contributed by atoms with van der Waals surface area (Å²) in [6, 6.07) is 13.8. The second kappa shape index (κ2) is 8.08. The van der Waals surface area contributed by atoms with Crippen molar-refractivity contribution in [1.82, 2.24) is 9.55 Å². The number of benzene rings is 3. The predicted octanol–water partition coefficient (Wildman–Crippen LogP) is 5.40. The zero-order chi connectivity index (χ0) is 22.1. The molecule has 0 aliphatic rings. The molecule has 0 bridgehead atoms. The molecule has 154 valence electrons. The van der Waals surface area contributed by atoms with Gasteiger partial charge in [-0.1, -0.05) is 35.9 Å². The lowest BCUT2D eigenvalue weighted by Crippen LogP contribution is -2.23. The van der Waals surface area contributed by atoms with E-state index in [0.717, 1.165) is 22.8 Å². The molecule has 9 heteroatoms. The SMILES string of the molecule is O=c1c2ccccc2nc(C=Cc2ccc(F)c(F)c2)n1-c1ccc(Cl)cc1[N+](=O)[O-]. The van der Waals surface area contributed by atoms with Crippen LogP contribution in [-0.4, -0.2) is 14.5 Å². The van der Waals surface area contributed by atoms with Crippen molar-refractivity contribution in [3.8, 4) is 5.69 Å². The lowest BCUT2D eigenvalue weighted by molar-refractivity contribution is -0.384. The first-order valence-corrected chi connectivity index (χ1v) is 9.32. The van der Waals surface area contributed by atoms with Crippen LogP contribution in [0.2, 0.25) is 5.02 Å². The third kappa shape index (κ3) is 3.93. The van der Waals surface area contributed by atoms with Gasteiger partial charge in [-0.25, -0.2) is 13.8 Å². The van der Waals surface area contributed by atoms with E-state index in [1.807, 2.05) is 0 Å². The topological polar surface area (TPSA) is 78.0 Å². The van der Waals surface area contributed by atoms with Crippen molar-refractivity contribution in [3.63, 3.8) is 0 Å². The first-order chi connectivity index (χ1) is 14.8. The van der Waals surface area contributed by atoms with Crippen molar-refractivity contribution in [2.24, 2.45) is 0 Å². The van der Waals surface area contributed by atoms with Crippen LogP contribution in [-0.2, 0) is 0 Å². The van der Waals surface area contributed by atoms with Crippen molar-refractivity contribution < 1.29 is 13.7 Å². The zero-order valence-electron chi connectivity index (χ0n) is 15.6. The van der Waals surface area contributed by atoms with Gasteiger partial charge in [-0.3, -0.25) is 19.5 Å². The molecule has 3 aromatic carbocycles. The largest absolute Gasteiger partial charge is 0.294 e. The molecule has 1 aromatic heterocycles.